The standard InChI is InChI=1S/C22H26BrN3O2S/c1-15-21(16(2)26(24-15)14-17-6-10-19(23)11-7-17)25-29(27,28)20-12-8-18(9-13-20)22(3,4)5/h6-13,25H,14H2,1-5H3. The van der Waals surface area contributed by atoms with Gasteiger partial charge >= 0.3 is 0 Å². The van der Waals surface area contributed by atoms with E-state index in [1.807, 2.05) is 54.9 Å². The van der Waals surface area contributed by atoms with E-state index in [0.717, 1.165) is 21.3 Å². The van der Waals surface area contributed by atoms with E-state index in [-0.39, 0.29) is 10.3 Å². The van der Waals surface area contributed by atoms with Crippen LogP contribution in [0.25, 0.3) is 0 Å². The van der Waals surface area contributed by atoms with Crippen molar-refractivity contribution in [2.45, 2.75) is 51.5 Å². The van der Waals surface area contributed by atoms with Crippen molar-refractivity contribution in [2.75, 3.05) is 4.72 Å². The molecule has 0 unspecified atom stereocenters. The maximum absolute atomic E-state index is 12.9. The second-order valence-electron chi connectivity index (χ2n) is 8.21. The lowest BCUT2D eigenvalue weighted by molar-refractivity contribution is 0.587. The summed E-state index contributed by atoms with van der Waals surface area (Å²) in [6.45, 7) is 10.6. The SMILES string of the molecule is Cc1nn(Cc2ccc(Br)cc2)c(C)c1NS(=O)(=O)c1ccc(C(C)(C)C)cc1. The molecule has 0 spiro atoms. The Labute approximate surface area is 181 Å². The zero-order valence-electron chi connectivity index (χ0n) is 17.3. The molecule has 1 N–H and O–H groups in total. The first-order valence-electron chi connectivity index (χ1n) is 9.39. The summed E-state index contributed by atoms with van der Waals surface area (Å²) in [5.41, 5.74) is 4.10. The minimum atomic E-state index is -3.70. The first-order valence-corrected chi connectivity index (χ1v) is 11.7. The fraction of sp³-hybridized carbons (Fsp3) is 0.318. The molecule has 5 nitrogen and oxygen atoms in total. The number of hydrogen-bond acceptors (Lipinski definition) is 3. The lowest BCUT2D eigenvalue weighted by Crippen LogP contribution is -2.15. The van der Waals surface area contributed by atoms with Crippen LogP contribution in [0.15, 0.2) is 57.9 Å². The van der Waals surface area contributed by atoms with Crippen molar-refractivity contribution in [2.24, 2.45) is 0 Å². The summed E-state index contributed by atoms with van der Waals surface area (Å²) < 4.78 is 31.4. The lowest BCUT2D eigenvalue weighted by Gasteiger charge is -2.19. The zero-order chi connectivity index (χ0) is 21.4. The molecule has 0 bridgehead atoms. The summed E-state index contributed by atoms with van der Waals surface area (Å²) in [6.07, 6.45) is 0. The Morgan fingerprint density at radius 1 is 1.00 bits per heavy atom. The molecule has 0 atom stereocenters. The van der Waals surface area contributed by atoms with Crippen molar-refractivity contribution in [3.63, 3.8) is 0 Å². The number of hydrogen-bond donors (Lipinski definition) is 1. The molecule has 0 amide bonds. The topological polar surface area (TPSA) is 64.0 Å². The summed E-state index contributed by atoms with van der Waals surface area (Å²) in [5.74, 6) is 0. The van der Waals surface area contributed by atoms with Gasteiger partial charge in [0, 0.05) is 4.47 Å². The maximum Gasteiger partial charge on any atom is 0.262 e. The molecule has 3 rings (SSSR count). The van der Waals surface area contributed by atoms with Crippen molar-refractivity contribution in [1.82, 2.24) is 9.78 Å². The first kappa shape index (κ1) is 21.6. The van der Waals surface area contributed by atoms with Gasteiger partial charge in [0.05, 0.1) is 28.5 Å². The number of anilines is 1. The normalized spacial score (nSPS) is 12.2. The van der Waals surface area contributed by atoms with Gasteiger partial charge in [0.2, 0.25) is 0 Å². The highest BCUT2D eigenvalue weighted by atomic mass is 79.9. The van der Waals surface area contributed by atoms with Crippen LogP contribution in [0, 0.1) is 13.8 Å². The van der Waals surface area contributed by atoms with Gasteiger partial charge in [0.15, 0.2) is 0 Å². The molecule has 154 valence electrons. The summed E-state index contributed by atoms with van der Waals surface area (Å²) in [7, 11) is -3.70. The van der Waals surface area contributed by atoms with Crippen LogP contribution in [0.3, 0.4) is 0 Å². The van der Waals surface area contributed by atoms with Crippen molar-refractivity contribution in [3.8, 4) is 0 Å². The van der Waals surface area contributed by atoms with Crippen molar-refractivity contribution in [1.29, 1.82) is 0 Å². The van der Waals surface area contributed by atoms with E-state index in [2.05, 4.69) is 46.5 Å². The van der Waals surface area contributed by atoms with E-state index in [1.54, 1.807) is 12.1 Å². The third-order valence-electron chi connectivity index (χ3n) is 4.89. The van der Waals surface area contributed by atoms with Gasteiger partial charge in [-0.1, -0.05) is 61.0 Å². The number of nitrogens with one attached hydrogen (secondary N) is 1. The molecule has 0 saturated carbocycles. The quantitative estimate of drug-likeness (QED) is 0.536. The largest absolute Gasteiger partial charge is 0.276 e. The molecular formula is C22H26BrN3O2S. The van der Waals surface area contributed by atoms with Crippen LogP contribution in [0.5, 0.6) is 0 Å². The van der Waals surface area contributed by atoms with Gasteiger partial charge in [-0.2, -0.15) is 5.10 Å². The van der Waals surface area contributed by atoms with Gasteiger partial charge in [0.1, 0.15) is 0 Å². The first-order chi connectivity index (χ1) is 13.5. The molecule has 1 heterocycles. The summed E-state index contributed by atoms with van der Waals surface area (Å²) in [4.78, 5) is 0.241. The van der Waals surface area contributed by atoms with Crippen LogP contribution in [-0.4, -0.2) is 18.2 Å². The molecule has 1 aromatic heterocycles. The van der Waals surface area contributed by atoms with E-state index in [4.69, 9.17) is 0 Å². The number of rotatable bonds is 5. The number of halogens is 1. The number of aryl methyl sites for hydroxylation is 1. The Kier molecular flexibility index (Phi) is 5.92. The predicted molar refractivity (Wildman–Crippen MR) is 121 cm³/mol. The number of sulfonamides is 1. The smallest absolute Gasteiger partial charge is 0.262 e. The average molecular weight is 476 g/mol. The average Bonchev–Trinajstić information content (AvgIpc) is 2.90. The highest BCUT2D eigenvalue weighted by molar-refractivity contribution is 9.10. The predicted octanol–water partition coefficient (Wildman–Crippen LogP) is 5.41. The van der Waals surface area contributed by atoms with Crippen LogP contribution < -0.4 is 4.72 Å². The molecular weight excluding hydrogens is 450 g/mol. The molecule has 7 heteroatoms. The van der Waals surface area contributed by atoms with Crippen LogP contribution in [0.1, 0.15) is 43.3 Å². The van der Waals surface area contributed by atoms with Crippen molar-refractivity contribution < 1.29 is 8.42 Å². The summed E-state index contributed by atoms with van der Waals surface area (Å²) >= 11 is 3.43. The molecule has 0 aliphatic carbocycles. The maximum atomic E-state index is 12.9. The van der Waals surface area contributed by atoms with Gasteiger partial charge < -0.3 is 0 Å². The molecule has 0 aliphatic rings. The molecule has 2 aromatic carbocycles. The second kappa shape index (κ2) is 7.95. The molecule has 3 aromatic rings. The van der Waals surface area contributed by atoms with Crippen LogP contribution in [0.4, 0.5) is 5.69 Å². The summed E-state index contributed by atoms with van der Waals surface area (Å²) in [5, 5.41) is 4.53. The minimum Gasteiger partial charge on any atom is -0.276 e. The Balaban J connectivity index is 1.85. The van der Waals surface area contributed by atoms with Gasteiger partial charge in [-0.05, 0) is 54.7 Å². The van der Waals surface area contributed by atoms with Crippen LogP contribution in [0.2, 0.25) is 0 Å². The van der Waals surface area contributed by atoms with Gasteiger partial charge in [0.25, 0.3) is 10.0 Å². The fourth-order valence-corrected chi connectivity index (χ4v) is 4.53. The highest BCUT2D eigenvalue weighted by Gasteiger charge is 2.21. The van der Waals surface area contributed by atoms with Gasteiger partial charge in [-0.15, -0.1) is 0 Å². The number of nitrogens with zero attached hydrogens (tertiary/aromatic N) is 2. The minimum absolute atomic E-state index is 0.0307. The highest BCUT2D eigenvalue weighted by Crippen LogP contribution is 2.27. The third-order valence-corrected chi connectivity index (χ3v) is 6.79. The van der Waals surface area contributed by atoms with E-state index < -0.39 is 10.0 Å². The second-order valence-corrected chi connectivity index (χ2v) is 10.8. The molecule has 29 heavy (non-hydrogen) atoms. The Hall–Kier alpha value is -2.12. The monoisotopic (exact) mass is 475 g/mol. The number of benzene rings is 2. The Morgan fingerprint density at radius 3 is 2.14 bits per heavy atom. The third kappa shape index (κ3) is 4.90. The van der Waals surface area contributed by atoms with E-state index >= 15 is 0 Å². The molecule has 0 saturated heterocycles. The van der Waals surface area contributed by atoms with Crippen LogP contribution in [-0.2, 0) is 22.0 Å². The van der Waals surface area contributed by atoms with Crippen LogP contribution >= 0.6 is 15.9 Å². The van der Waals surface area contributed by atoms with E-state index in [1.165, 1.54) is 0 Å². The van der Waals surface area contributed by atoms with E-state index in [0.29, 0.717) is 17.9 Å². The Morgan fingerprint density at radius 2 is 1.59 bits per heavy atom. The number of aromatic nitrogens is 2. The van der Waals surface area contributed by atoms with E-state index in [9.17, 15) is 8.42 Å². The lowest BCUT2D eigenvalue weighted by atomic mass is 9.87. The zero-order valence-corrected chi connectivity index (χ0v) is 19.7. The molecule has 0 radical (unpaired) electrons. The van der Waals surface area contributed by atoms with Crippen molar-refractivity contribution in [3.05, 3.63) is 75.5 Å². The Bertz CT molecular complexity index is 1110. The van der Waals surface area contributed by atoms with Gasteiger partial charge in [-0.25, -0.2) is 8.42 Å². The fourth-order valence-electron chi connectivity index (χ4n) is 3.09. The van der Waals surface area contributed by atoms with Crippen molar-refractivity contribution >= 4 is 31.6 Å². The summed E-state index contributed by atoms with van der Waals surface area (Å²) in [6, 6.07) is 15.0. The molecule has 0 aliphatic heterocycles. The van der Waals surface area contributed by atoms with Gasteiger partial charge in [-0.3, -0.25) is 9.40 Å². The molecule has 0 fully saturated rings.